The molecule has 9 heteroatoms. The van der Waals surface area contributed by atoms with Crippen LogP contribution in [0.5, 0.6) is 5.75 Å². The van der Waals surface area contributed by atoms with Crippen LogP contribution in [0.15, 0.2) is 53.0 Å². The number of aliphatic carboxylic acids is 1. The molecule has 0 aliphatic carbocycles. The lowest BCUT2D eigenvalue weighted by atomic mass is 9.79. The molecule has 0 radical (unpaired) electrons. The highest BCUT2D eigenvalue weighted by atomic mass is 79.9. The summed E-state index contributed by atoms with van der Waals surface area (Å²) in [4.78, 5) is 40.1. The van der Waals surface area contributed by atoms with Gasteiger partial charge in [-0.25, -0.2) is 0 Å². The third-order valence-electron chi connectivity index (χ3n) is 6.09. The Labute approximate surface area is 186 Å². The van der Waals surface area contributed by atoms with Crippen molar-refractivity contribution in [3.05, 3.63) is 64.1 Å². The second-order valence-corrected chi connectivity index (χ2v) is 8.61. The normalized spacial score (nSPS) is 27.5. The molecule has 4 rings (SSSR count). The van der Waals surface area contributed by atoms with Crippen LogP contribution in [-0.2, 0) is 20.9 Å². The van der Waals surface area contributed by atoms with E-state index in [9.17, 15) is 24.6 Å². The van der Waals surface area contributed by atoms with Gasteiger partial charge in [0, 0.05) is 16.1 Å². The smallest absolute Gasteiger partial charge is 0.327 e. The molecule has 2 amide bonds. The van der Waals surface area contributed by atoms with E-state index in [1.807, 2.05) is 6.07 Å². The molecule has 162 valence electrons. The number of carbonyl (C=O) groups is 3. The molecule has 2 fully saturated rings. The lowest BCUT2D eigenvalue weighted by molar-refractivity contribution is -0.153. The number of hydrogen-bond donors (Lipinski definition) is 3. The average molecular weight is 489 g/mol. The lowest BCUT2D eigenvalue weighted by Crippen LogP contribution is -2.58. The standard InChI is InChI=1S/C22H21BrN2O6/c1-31-15-8-7-13(23)9-14(15)18-16-17(22(11-26,24-18)21(29)30)20(28)25(19(16)27)10-12-5-3-2-4-6-12/h2-9,16-18,24,26H,10-11H2,1H3,(H,29,30). The molecular formula is C22H21BrN2O6. The highest BCUT2D eigenvalue weighted by Gasteiger charge is 2.68. The third-order valence-corrected chi connectivity index (χ3v) is 6.58. The third kappa shape index (κ3) is 3.33. The molecule has 2 aliphatic heterocycles. The van der Waals surface area contributed by atoms with Crippen LogP contribution in [0.2, 0.25) is 0 Å². The fourth-order valence-corrected chi connectivity index (χ4v) is 4.99. The van der Waals surface area contributed by atoms with E-state index in [2.05, 4.69) is 21.2 Å². The number of nitrogens with one attached hydrogen (secondary N) is 1. The van der Waals surface area contributed by atoms with Gasteiger partial charge < -0.3 is 14.9 Å². The lowest BCUT2D eigenvalue weighted by Gasteiger charge is -2.29. The van der Waals surface area contributed by atoms with Gasteiger partial charge in [-0.2, -0.15) is 0 Å². The summed E-state index contributed by atoms with van der Waals surface area (Å²) in [5, 5.41) is 23.0. The maximum atomic E-state index is 13.4. The van der Waals surface area contributed by atoms with Crippen molar-refractivity contribution in [2.24, 2.45) is 11.8 Å². The number of imide groups is 1. The molecule has 8 nitrogen and oxygen atoms in total. The van der Waals surface area contributed by atoms with Gasteiger partial charge in [-0.05, 0) is 23.8 Å². The predicted molar refractivity (Wildman–Crippen MR) is 113 cm³/mol. The van der Waals surface area contributed by atoms with E-state index >= 15 is 0 Å². The number of amides is 2. The van der Waals surface area contributed by atoms with Crippen LogP contribution in [0.25, 0.3) is 0 Å². The van der Waals surface area contributed by atoms with Gasteiger partial charge in [0.05, 0.1) is 32.1 Å². The van der Waals surface area contributed by atoms with E-state index in [1.165, 1.54) is 7.11 Å². The number of ether oxygens (including phenoxy) is 1. The zero-order valence-corrected chi connectivity index (χ0v) is 18.2. The molecule has 0 spiro atoms. The van der Waals surface area contributed by atoms with Crippen molar-refractivity contribution in [3.8, 4) is 5.75 Å². The van der Waals surface area contributed by atoms with Crippen molar-refractivity contribution in [1.29, 1.82) is 0 Å². The number of rotatable bonds is 6. The SMILES string of the molecule is COc1ccc(Br)cc1C1NC(CO)(C(=O)O)C2C(=O)N(Cc3ccccc3)C(=O)C12. The van der Waals surface area contributed by atoms with Gasteiger partial charge in [-0.1, -0.05) is 46.3 Å². The molecule has 0 saturated carbocycles. The summed E-state index contributed by atoms with van der Waals surface area (Å²) in [6.45, 7) is -0.802. The minimum atomic E-state index is -1.99. The summed E-state index contributed by atoms with van der Waals surface area (Å²) in [6, 6.07) is 13.3. The van der Waals surface area contributed by atoms with E-state index in [4.69, 9.17) is 4.74 Å². The van der Waals surface area contributed by atoms with Crippen molar-refractivity contribution >= 4 is 33.7 Å². The Hall–Kier alpha value is -2.75. The number of carboxylic acids is 1. The number of carbonyl (C=O) groups excluding carboxylic acids is 2. The summed E-state index contributed by atoms with van der Waals surface area (Å²) in [5.41, 5.74) is -0.703. The second-order valence-electron chi connectivity index (χ2n) is 7.69. The number of aliphatic hydroxyl groups is 1. The number of halogens is 1. The first-order valence-corrected chi connectivity index (χ1v) is 10.5. The molecule has 0 bridgehead atoms. The van der Waals surface area contributed by atoms with Crippen LogP contribution in [0.4, 0.5) is 0 Å². The predicted octanol–water partition coefficient (Wildman–Crippen LogP) is 1.72. The van der Waals surface area contributed by atoms with E-state index in [1.54, 1.807) is 42.5 Å². The number of fused-ring (bicyclic) bond motifs is 1. The fourth-order valence-electron chi connectivity index (χ4n) is 4.61. The number of benzene rings is 2. The Morgan fingerprint density at radius 1 is 1.19 bits per heavy atom. The van der Waals surface area contributed by atoms with Gasteiger partial charge in [0.15, 0.2) is 5.54 Å². The number of methoxy groups -OCH3 is 1. The minimum Gasteiger partial charge on any atom is -0.496 e. The van der Waals surface area contributed by atoms with Gasteiger partial charge in [0.2, 0.25) is 11.8 Å². The summed E-state index contributed by atoms with van der Waals surface area (Å²) in [7, 11) is 1.47. The number of nitrogens with zero attached hydrogens (tertiary/aromatic N) is 1. The summed E-state index contributed by atoms with van der Waals surface area (Å²) in [6.07, 6.45) is 0. The monoisotopic (exact) mass is 488 g/mol. The van der Waals surface area contributed by atoms with Crippen molar-refractivity contribution in [2.75, 3.05) is 13.7 Å². The van der Waals surface area contributed by atoms with Gasteiger partial charge in [-0.15, -0.1) is 0 Å². The van der Waals surface area contributed by atoms with Crippen LogP contribution >= 0.6 is 15.9 Å². The Bertz CT molecular complexity index is 1050. The van der Waals surface area contributed by atoms with Gasteiger partial charge >= 0.3 is 5.97 Å². The van der Waals surface area contributed by atoms with E-state index in [-0.39, 0.29) is 6.54 Å². The number of likely N-dealkylation sites (tertiary alicyclic amines) is 1. The number of hydrogen-bond acceptors (Lipinski definition) is 6. The zero-order valence-electron chi connectivity index (χ0n) is 16.6. The van der Waals surface area contributed by atoms with Crippen molar-refractivity contribution in [3.63, 3.8) is 0 Å². The fraction of sp³-hybridized carbons (Fsp3) is 0.318. The van der Waals surface area contributed by atoms with E-state index < -0.39 is 47.8 Å². The Morgan fingerprint density at radius 3 is 2.52 bits per heavy atom. The van der Waals surface area contributed by atoms with Crippen LogP contribution in [0.1, 0.15) is 17.2 Å². The molecule has 4 unspecified atom stereocenters. The summed E-state index contributed by atoms with van der Waals surface area (Å²) >= 11 is 3.39. The largest absolute Gasteiger partial charge is 0.496 e. The topological polar surface area (TPSA) is 116 Å². The molecule has 2 saturated heterocycles. The molecule has 4 atom stereocenters. The molecular weight excluding hydrogens is 468 g/mol. The Kier molecular flexibility index (Phi) is 5.59. The van der Waals surface area contributed by atoms with Gasteiger partial charge in [0.1, 0.15) is 5.75 Å². The first-order valence-electron chi connectivity index (χ1n) is 9.68. The zero-order chi connectivity index (χ0) is 22.3. The van der Waals surface area contributed by atoms with Gasteiger partial charge in [0.25, 0.3) is 0 Å². The highest BCUT2D eigenvalue weighted by Crippen LogP contribution is 2.50. The quantitative estimate of drug-likeness (QED) is 0.530. The minimum absolute atomic E-state index is 0.0367. The van der Waals surface area contributed by atoms with Crippen molar-refractivity contribution in [1.82, 2.24) is 10.2 Å². The Morgan fingerprint density at radius 2 is 1.90 bits per heavy atom. The molecule has 2 aromatic carbocycles. The molecule has 31 heavy (non-hydrogen) atoms. The molecule has 0 aromatic heterocycles. The maximum Gasteiger partial charge on any atom is 0.327 e. The van der Waals surface area contributed by atoms with Crippen molar-refractivity contribution < 1.29 is 29.3 Å². The number of aliphatic hydroxyl groups excluding tert-OH is 1. The van der Waals surface area contributed by atoms with Crippen LogP contribution in [0, 0.1) is 11.8 Å². The molecule has 2 aliphatic rings. The maximum absolute atomic E-state index is 13.4. The van der Waals surface area contributed by atoms with E-state index in [0.29, 0.717) is 15.8 Å². The van der Waals surface area contributed by atoms with Gasteiger partial charge in [-0.3, -0.25) is 24.6 Å². The summed E-state index contributed by atoms with van der Waals surface area (Å²) < 4.78 is 6.13. The second kappa shape index (κ2) is 8.07. The van der Waals surface area contributed by atoms with Crippen LogP contribution in [-0.4, -0.2) is 52.2 Å². The van der Waals surface area contributed by atoms with Crippen LogP contribution in [0.3, 0.4) is 0 Å². The van der Waals surface area contributed by atoms with Crippen LogP contribution < -0.4 is 10.1 Å². The average Bonchev–Trinajstić information content (AvgIpc) is 3.24. The number of carboxylic acid groups (broad SMARTS) is 1. The molecule has 2 heterocycles. The van der Waals surface area contributed by atoms with E-state index in [0.717, 1.165) is 10.5 Å². The molecule has 2 aromatic rings. The summed E-state index contributed by atoms with van der Waals surface area (Å²) in [5.74, 6) is -4.28. The Balaban J connectivity index is 1.82. The molecule has 3 N–H and O–H groups in total. The highest BCUT2D eigenvalue weighted by molar-refractivity contribution is 9.10. The first kappa shape index (κ1) is 21.5. The first-order chi connectivity index (χ1) is 14.8. The van der Waals surface area contributed by atoms with Crippen molar-refractivity contribution in [2.45, 2.75) is 18.1 Å².